The maximum atomic E-state index is 13.2. The second kappa shape index (κ2) is 11.6. The number of aromatic nitrogens is 3. The van der Waals surface area contributed by atoms with E-state index in [1.807, 2.05) is 9.80 Å². The highest BCUT2D eigenvalue weighted by Crippen LogP contribution is 2.38. The molecule has 0 aromatic carbocycles. The molecule has 0 saturated carbocycles. The number of pyridine rings is 1. The summed E-state index contributed by atoms with van der Waals surface area (Å²) in [6.45, 7) is 3.18. The highest BCUT2D eigenvalue weighted by molar-refractivity contribution is 5.56. The number of piperazine rings is 1. The normalized spacial score (nSPS) is 19.9. The zero-order chi connectivity index (χ0) is 28.4. The van der Waals surface area contributed by atoms with Gasteiger partial charge in [-0.1, -0.05) is 0 Å². The van der Waals surface area contributed by atoms with Gasteiger partial charge in [0.25, 0.3) is 5.56 Å². The number of halogens is 6. The zero-order valence-electron chi connectivity index (χ0n) is 20.8. The van der Waals surface area contributed by atoms with Gasteiger partial charge in [0.15, 0.2) is 11.6 Å². The Labute approximate surface area is 218 Å². The predicted octanol–water partition coefficient (Wildman–Crippen LogP) is 2.70. The fourth-order valence-corrected chi connectivity index (χ4v) is 4.62. The lowest BCUT2D eigenvalue weighted by atomic mass is 10.1. The molecule has 3 atom stereocenters. The quantitative estimate of drug-likeness (QED) is 0.328. The van der Waals surface area contributed by atoms with Gasteiger partial charge in [-0.15, -0.1) is 0 Å². The molecule has 4 heterocycles. The lowest BCUT2D eigenvalue weighted by Crippen LogP contribution is -2.56. The molecule has 1 fully saturated rings. The molecular weight excluding hydrogens is 538 g/mol. The van der Waals surface area contributed by atoms with E-state index < -0.39 is 47.0 Å². The Hall–Kier alpha value is -3.11. The van der Waals surface area contributed by atoms with Crippen LogP contribution in [-0.2, 0) is 17.1 Å². The van der Waals surface area contributed by atoms with Crippen molar-refractivity contribution in [1.82, 2.24) is 20.1 Å². The Kier molecular flexibility index (Phi) is 8.56. The minimum Gasteiger partial charge on any atom is -0.490 e. The third-order valence-electron chi connectivity index (χ3n) is 6.51. The van der Waals surface area contributed by atoms with Crippen LogP contribution in [0.5, 0.6) is 5.75 Å². The first-order valence-corrected chi connectivity index (χ1v) is 12.2. The van der Waals surface area contributed by atoms with Crippen molar-refractivity contribution in [2.75, 3.05) is 49.7 Å². The van der Waals surface area contributed by atoms with Crippen LogP contribution in [0.25, 0.3) is 0 Å². The first-order chi connectivity index (χ1) is 18.3. The molecule has 1 unspecified atom stereocenters. The fourth-order valence-electron chi connectivity index (χ4n) is 4.62. The first-order valence-electron chi connectivity index (χ1n) is 12.2. The van der Waals surface area contributed by atoms with E-state index in [9.17, 15) is 36.2 Å². The molecule has 4 rings (SSSR count). The molecular formula is C23H28F6N6O4. The van der Waals surface area contributed by atoms with E-state index in [2.05, 4.69) is 15.4 Å². The molecule has 1 saturated heterocycles. The van der Waals surface area contributed by atoms with Crippen molar-refractivity contribution in [3.05, 3.63) is 39.9 Å². The van der Waals surface area contributed by atoms with Gasteiger partial charge in [0.05, 0.1) is 37.3 Å². The van der Waals surface area contributed by atoms with Gasteiger partial charge < -0.3 is 24.8 Å². The van der Waals surface area contributed by atoms with Gasteiger partial charge in [-0.3, -0.25) is 9.69 Å². The van der Waals surface area contributed by atoms with Crippen molar-refractivity contribution in [2.24, 2.45) is 0 Å². The van der Waals surface area contributed by atoms with Crippen LogP contribution in [0, 0.1) is 0 Å². The molecule has 0 bridgehead atoms. The summed E-state index contributed by atoms with van der Waals surface area (Å²) in [6.07, 6.45) is -7.84. The number of hydrogen-bond acceptors (Lipinski definition) is 9. The second-order valence-electron chi connectivity index (χ2n) is 9.40. The van der Waals surface area contributed by atoms with E-state index in [0.29, 0.717) is 31.9 Å². The minimum absolute atomic E-state index is 0.00687. The highest BCUT2D eigenvalue weighted by Gasteiger charge is 2.38. The molecule has 39 heavy (non-hydrogen) atoms. The number of nitrogens with one attached hydrogen (secondary N) is 2. The molecule has 3 N–H and O–H groups in total. The first kappa shape index (κ1) is 28.9. The summed E-state index contributed by atoms with van der Waals surface area (Å²) < 4.78 is 89.8. The number of hydrogen-bond donors (Lipinski definition) is 3. The molecule has 0 aliphatic carbocycles. The summed E-state index contributed by atoms with van der Waals surface area (Å²) >= 11 is 0. The fraction of sp³-hybridized carbons (Fsp3) is 0.609. The van der Waals surface area contributed by atoms with E-state index in [0.717, 1.165) is 18.5 Å². The number of nitrogens with zero attached hydrogens (tertiary/aromatic N) is 4. The summed E-state index contributed by atoms with van der Waals surface area (Å²) in [4.78, 5) is 19.3. The van der Waals surface area contributed by atoms with Crippen molar-refractivity contribution in [2.45, 2.75) is 50.4 Å². The van der Waals surface area contributed by atoms with E-state index in [-0.39, 0.29) is 38.0 Å². The topological polar surface area (TPSA) is 116 Å². The average molecular weight is 567 g/mol. The largest absolute Gasteiger partial charge is 0.490 e. The van der Waals surface area contributed by atoms with E-state index in [1.165, 1.54) is 0 Å². The van der Waals surface area contributed by atoms with E-state index in [1.54, 1.807) is 12.0 Å². The van der Waals surface area contributed by atoms with Gasteiger partial charge in [-0.25, -0.2) is 10.1 Å². The summed E-state index contributed by atoms with van der Waals surface area (Å²) in [5.74, 6) is 0.421. The molecule has 216 valence electrons. The Bertz CT molecular complexity index is 1190. The van der Waals surface area contributed by atoms with Crippen LogP contribution >= 0.6 is 0 Å². The highest BCUT2D eigenvalue weighted by atomic mass is 19.4. The van der Waals surface area contributed by atoms with Gasteiger partial charge in [0.2, 0.25) is 0 Å². The number of rotatable bonds is 8. The van der Waals surface area contributed by atoms with Gasteiger partial charge in [-0.05, 0) is 13.0 Å². The smallest absolute Gasteiger partial charge is 0.423 e. The van der Waals surface area contributed by atoms with Crippen molar-refractivity contribution >= 4 is 11.5 Å². The number of anilines is 2. The predicted molar refractivity (Wildman–Crippen MR) is 126 cm³/mol. The zero-order valence-corrected chi connectivity index (χ0v) is 20.8. The maximum Gasteiger partial charge on any atom is 0.423 e. The van der Waals surface area contributed by atoms with Crippen molar-refractivity contribution in [1.29, 1.82) is 0 Å². The second-order valence-corrected chi connectivity index (χ2v) is 9.40. The van der Waals surface area contributed by atoms with Crippen LogP contribution in [0.4, 0.5) is 37.8 Å². The molecule has 2 aromatic rings. The Morgan fingerprint density at radius 2 is 2.00 bits per heavy atom. The molecule has 2 aromatic heterocycles. The lowest BCUT2D eigenvalue weighted by molar-refractivity contribution is -0.138. The minimum atomic E-state index is -4.86. The summed E-state index contributed by atoms with van der Waals surface area (Å²) in [5.41, 5.74) is -4.07. The number of aliphatic hydroxyl groups excluding tert-OH is 1. The van der Waals surface area contributed by atoms with Crippen LogP contribution < -0.4 is 20.5 Å². The lowest BCUT2D eigenvalue weighted by Gasteiger charge is -2.42. The number of ether oxygens (including phenoxy) is 2. The SMILES string of the molecule is C[C@@H](COCCC(O)N1CCN2c3ncc(C(F)(F)F)cc3OCC[C@H]2C1)Nc1cn[nH]c(=O)c1C(F)(F)F. The average Bonchev–Trinajstić information content (AvgIpc) is 3.03. The number of alkyl halides is 6. The molecule has 0 radical (unpaired) electrons. The third-order valence-corrected chi connectivity index (χ3v) is 6.51. The summed E-state index contributed by atoms with van der Waals surface area (Å²) in [7, 11) is 0. The number of aliphatic hydroxyl groups is 1. The van der Waals surface area contributed by atoms with Crippen molar-refractivity contribution in [3.8, 4) is 5.75 Å². The Morgan fingerprint density at radius 3 is 2.72 bits per heavy atom. The van der Waals surface area contributed by atoms with Gasteiger partial charge in [-0.2, -0.15) is 31.4 Å². The Balaban J connectivity index is 1.26. The third kappa shape index (κ3) is 6.91. The van der Waals surface area contributed by atoms with Crippen LogP contribution in [-0.4, -0.2) is 83.0 Å². The van der Waals surface area contributed by atoms with Crippen LogP contribution in [0.3, 0.4) is 0 Å². The van der Waals surface area contributed by atoms with Gasteiger partial charge >= 0.3 is 12.4 Å². The molecule has 10 nitrogen and oxygen atoms in total. The van der Waals surface area contributed by atoms with Crippen molar-refractivity contribution in [3.63, 3.8) is 0 Å². The van der Waals surface area contributed by atoms with Crippen molar-refractivity contribution < 1.29 is 40.9 Å². The number of fused-ring (bicyclic) bond motifs is 3. The van der Waals surface area contributed by atoms with Gasteiger partial charge in [0, 0.05) is 50.8 Å². The van der Waals surface area contributed by atoms with Gasteiger partial charge in [0.1, 0.15) is 11.8 Å². The summed E-state index contributed by atoms with van der Waals surface area (Å²) in [6, 6.07) is 0.233. The van der Waals surface area contributed by atoms with Crippen LogP contribution in [0.1, 0.15) is 30.9 Å². The van der Waals surface area contributed by atoms with E-state index >= 15 is 0 Å². The Morgan fingerprint density at radius 1 is 1.23 bits per heavy atom. The molecule has 16 heteroatoms. The van der Waals surface area contributed by atoms with E-state index in [4.69, 9.17) is 9.47 Å². The molecule has 0 amide bonds. The van der Waals surface area contributed by atoms with Crippen LogP contribution in [0.15, 0.2) is 23.3 Å². The van der Waals surface area contributed by atoms with Crippen LogP contribution in [0.2, 0.25) is 0 Å². The number of H-pyrrole nitrogens is 1. The molecule has 2 aliphatic rings. The summed E-state index contributed by atoms with van der Waals surface area (Å²) in [5, 5.41) is 18.4. The standard InChI is InChI=1S/C23H28F6N6O4/c1-13(32-16-10-31-33-21(37)19(16)23(27,28)29)12-38-6-3-18(36)34-4-5-35-15(11-34)2-7-39-17-8-14(22(24,25)26)9-30-20(17)35/h8-10,13,15,18,36H,2-7,11-12H2,1H3,(H2,32,33,37)/t13-,15-,18?/m0/s1. The number of aromatic amines is 1. The molecule has 2 aliphatic heterocycles. The maximum absolute atomic E-state index is 13.2. The molecule has 0 spiro atoms. The monoisotopic (exact) mass is 566 g/mol.